The smallest absolute Gasteiger partial charge is 0.336 e. The summed E-state index contributed by atoms with van der Waals surface area (Å²) in [6.45, 7) is 7.51. The number of carbonyl (C=O) groups is 2. The van der Waals surface area contributed by atoms with Gasteiger partial charge in [0.2, 0.25) is 5.91 Å². The fourth-order valence-corrected chi connectivity index (χ4v) is 2.86. The number of aryl methyl sites for hydroxylation is 1. The number of amides is 1. The molecule has 1 amide bonds. The molecule has 5 nitrogen and oxygen atoms in total. The second-order valence-electron chi connectivity index (χ2n) is 5.54. The van der Waals surface area contributed by atoms with Gasteiger partial charge in [-0.1, -0.05) is 30.3 Å². The molecule has 5 heteroatoms. The number of hydrogen-bond acceptors (Lipinski definition) is 4. The molecule has 1 N–H and O–H groups in total. The topological polar surface area (TPSA) is 64.6 Å². The molecule has 2 unspecified atom stereocenters. The first-order valence-electron chi connectivity index (χ1n) is 7.85. The van der Waals surface area contributed by atoms with Gasteiger partial charge in [-0.25, -0.2) is 4.79 Å². The number of benzene rings is 1. The van der Waals surface area contributed by atoms with E-state index in [2.05, 4.69) is 11.9 Å². The highest BCUT2D eigenvalue weighted by molar-refractivity contribution is 5.91. The normalized spacial score (nSPS) is 20.4. The molecule has 0 saturated heterocycles. The number of esters is 1. The van der Waals surface area contributed by atoms with E-state index in [9.17, 15) is 9.59 Å². The minimum atomic E-state index is -1.13. The summed E-state index contributed by atoms with van der Waals surface area (Å²) in [5, 5.41) is 2.87. The second kappa shape index (κ2) is 7.42. The third-order valence-electron chi connectivity index (χ3n) is 4.04. The second-order valence-corrected chi connectivity index (χ2v) is 5.54. The first-order valence-corrected chi connectivity index (χ1v) is 7.85. The monoisotopic (exact) mass is 317 g/mol. The fourth-order valence-electron chi connectivity index (χ4n) is 2.86. The van der Waals surface area contributed by atoms with Crippen molar-refractivity contribution in [3.8, 4) is 0 Å². The number of nitrogens with one attached hydrogen (secondary N) is 1. The molecule has 1 aromatic rings. The number of ether oxygens (including phenoxy) is 2. The highest BCUT2D eigenvalue weighted by atomic mass is 16.5. The minimum Gasteiger partial charge on any atom is -0.464 e. The van der Waals surface area contributed by atoms with E-state index in [0.717, 1.165) is 17.5 Å². The maximum atomic E-state index is 12.6. The van der Waals surface area contributed by atoms with Gasteiger partial charge in [0.25, 0.3) is 0 Å². The summed E-state index contributed by atoms with van der Waals surface area (Å²) in [7, 11) is 0. The Morgan fingerprint density at radius 3 is 2.87 bits per heavy atom. The predicted octanol–water partition coefficient (Wildman–Crippen LogP) is 2.10. The molecule has 0 spiro atoms. The zero-order valence-corrected chi connectivity index (χ0v) is 13.6. The summed E-state index contributed by atoms with van der Waals surface area (Å²) < 4.78 is 10.6. The van der Waals surface area contributed by atoms with E-state index < -0.39 is 17.6 Å². The van der Waals surface area contributed by atoms with Crippen LogP contribution in [0.15, 0.2) is 36.9 Å². The third kappa shape index (κ3) is 3.45. The summed E-state index contributed by atoms with van der Waals surface area (Å²) in [6.07, 6.45) is 2.12. The van der Waals surface area contributed by atoms with Gasteiger partial charge in [-0.3, -0.25) is 4.79 Å². The van der Waals surface area contributed by atoms with Gasteiger partial charge in [0, 0.05) is 0 Å². The zero-order chi connectivity index (χ0) is 16.9. The van der Waals surface area contributed by atoms with Gasteiger partial charge in [0.15, 0.2) is 5.54 Å². The summed E-state index contributed by atoms with van der Waals surface area (Å²) in [4.78, 5) is 25.1. The molecule has 2 atom stereocenters. The fraction of sp³-hybridized carbons (Fsp3) is 0.444. The Morgan fingerprint density at radius 1 is 1.43 bits per heavy atom. The van der Waals surface area contributed by atoms with Crippen LogP contribution < -0.4 is 5.32 Å². The lowest BCUT2D eigenvalue weighted by molar-refractivity contribution is -0.155. The van der Waals surface area contributed by atoms with Crippen LogP contribution in [0.3, 0.4) is 0 Å². The molecule has 23 heavy (non-hydrogen) atoms. The van der Waals surface area contributed by atoms with Crippen molar-refractivity contribution in [2.75, 3.05) is 13.2 Å². The quantitative estimate of drug-likeness (QED) is 0.618. The Bertz CT molecular complexity index is 598. The Kier molecular flexibility index (Phi) is 5.55. The predicted molar refractivity (Wildman–Crippen MR) is 86.8 cm³/mol. The van der Waals surface area contributed by atoms with Gasteiger partial charge in [0.1, 0.15) is 6.10 Å². The van der Waals surface area contributed by atoms with Crippen molar-refractivity contribution < 1.29 is 19.1 Å². The van der Waals surface area contributed by atoms with Crippen LogP contribution in [-0.2, 0) is 31.0 Å². The Morgan fingerprint density at radius 2 is 2.17 bits per heavy atom. The Hall–Kier alpha value is -2.14. The molecule has 0 fully saturated rings. The molecule has 0 heterocycles. The van der Waals surface area contributed by atoms with Crippen LogP contribution in [0.5, 0.6) is 0 Å². The van der Waals surface area contributed by atoms with Gasteiger partial charge in [-0.05, 0) is 37.8 Å². The summed E-state index contributed by atoms with van der Waals surface area (Å²) in [6, 6.07) is 7.63. The highest BCUT2D eigenvalue weighted by Crippen LogP contribution is 2.38. The van der Waals surface area contributed by atoms with E-state index >= 15 is 0 Å². The van der Waals surface area contributed by atoms with Gasteiger partial charge < -0.3 is 14.8 Å². The molecule has 0 aliphatic heterocycles. The lowest BCUT2D eigenvalue weighted by Crippen LogP contribution is -2.54. The van der Waals surface area contributed by atoms with Crippen LogP contribution in [0.4, 0.5) is 0 Å². The van der Waals surface area contributed by atoms with Crippen molar-refractivity contribution in [2.24, 2.45) is 0 Å². The van der Waals surface area contributed by atoms with Crippen molar-refractivity contribution in [1.82, 2.24) is 5.32 Å². The standard InChI is InChI=1S/C18H23NO4/c1-4-12-23-13(3)16(20)19-18(17(21)22-5-2)11-10-14-8-6-7-9-15(14)18/h4,6-9,13H,1,5,10-12H2,2-3H3,(H,19,20). The summed E-state index contributed by atoms with van der Waals surface area (Å²) >= 11 is 0. The lowest BCUT2D eigenvalue weighted by atomic mass is 9.91. The zero-order valence-electron chi connectivity index (χ0n) is 13.6. The van der Waals surface area contributed by atoms with Crippen LogP contribution in [0.2, 0.25) is 0 Å². The third-order valence-corrected chi connectivity index (χ3v) is 4.04. The van der Waals surface area contributed by atoms with E-state index in [0.29, 0.717) is 6.42 Å². The molecule has 124 valence electrons. The summed E-state index contributed by atoms with van der Waals surface area (Å²) in [5.41, 5.74) is 0.735. The van der Waals surface area contributed by atoms with Crippen LogP contribution in [0, 0.1) is 0 Å². The van der Waals surface area contributed by atoms with Crippen molar-refractivity contribution in [1.29, 1.82) is 0 Å². The van der Waals surface area contributed by atoms with Crippen LogP contribution in [0.1, 0.15) is 31.4 Å². The number of fused-ring (bicyclic) bond motifs is 1. The molecule has 2 rings (SSSR count). The van der Waals surface area contributed by atoms with Crippen LogP contribution in [0.25, 0.3) is 0 Å². The first kappa shape index (κ1) is 17.2. The lowest BCUT2D eigenvalue weighted by Gasteiger charge is -2.30. The van der Waals surface area contributed by atoms with E-state index in [4.69, 9.17) is 9.47 Å². The maximum Gasteiger partial charge on any atom is 0.336 e. The SMILES string of the molecule is C=CCOC(C)C(=O)NC1(C(=O)OCC)CCc2ccccc21. The number of rotatable bonds is 7. The van der Waals surface area contributed by atoms with Crippen molar-refractivity contribution in [3.63, 3.8) is 0 Å². The Labute approximate surface area is 136 Å². The van der Waals surface area contributed by atoms with E-state index in [-0.39, 0.29) is 19.1 Å². The van der Waals surface area contributed by atoms with Gasteiger partial charge in [0.05, 0.1) is 13.2 Å². The van der Waals surface area contributed by atoms with Crippen molar-refractivity contribution >= 4 is 11.9 Å². The van der Waals surface area contributed by atoms with Crippen LogP contribution >= 0.6 is 0 Å². The number of carbonyl (C=O) groups excluding carboxylic acids is 2. The summed E-state index contributed by atoms with van der Waals surface area (Å²) in [5.74, 6) is -0.758. The van der Waals surface area contributed by atoms with Gasteiger partial charge in [-0.2, -0.15) is 0 Å². The average molecular weight is 317 g/mol. The molecule has 0 bridgehead atoms. The van der Waals surface area contributed by atoms with Crippen molar-refractivity contribution in [2.45, 2.75) is 38.3 Å². The average Bonchev–Trinajstić information content (AvgIpc) is 2.93. The van der Waals surface area contributed by atoms with Gasteiger partial charge in [-0.15, -0.1) is 6.58 Å². The van der Waals surface area contributed by atoms with Gasteiger partial charge >= 0.3 is 5.97 Å². The van der Waals surface area contributed by atoms with E-state index in [1.54, 1.807) is 19.9 Å². The first-order chi connectivity index (χ1) is 11.0. The highest BCUT2D eigenvalue weighted by Gasteiger charge is 2.48. The number of hydrogen-bond donors (Lipinski definition) is 1. The molecule has 0 saturated carbocycles. The molecule has 1 aliphatic rings. The molecule has 0 aromatic heterocycles. The molecule has 1 aromatic carbocycles. The van der Waals surface area contributed by atoms with E-state index in [1.807, 2.05) is 24.3 Å². The van der Waals surface area contributed by atoms with E-state index in [1.165, 1.54) is 0 Å². The molecule has 1 aliphatic carbocycles. The molecular formula is C18H23NO4. The van der Waals surface area contributed by atoms with Crippen LogP contribution in [-0.4, -0.2) is 31.2 Å². The van der Waals surface area contributed by atoms with Crippen molar-refractivity contribution in [3.05, 3.63) is 48.0 Å². The Balaban J connectivity index is 2.28. The molecule has 0 radical (unpaired) electrons. The minimum absolute atomic E-state index is 0.265. The largest absolute Gasteiger partial charge is 0.464 e. The molecular weight excluding hydrogens is 294 g/mol. The maximum absolute atomic E-state index is 12.6.